The van der Waals surface area contributed by atoms with E-state index in [1.54, 1.807) is 0 Å². The van der Waals surface area contributed by atoms with Crippen LogP contribution in [0.2, 0.25) is 0 Å². The summed E-state index contributed by atoms with van der Waals surface area (Å²) in [6.07, 6.45) is 4.91. The zero-order valence-corrected chi connectivity index (χ0v) is 11.6. The van der Waals surface area contributed by atoms with E-state index in [-0.39, 0.29) is 11.8 Å². The molecule has 1 N–H and O–H groups in total. The summed E-state index contributed by atoms with van der Waals surface area (Å²) in [5, 5.41) is 2.94. The highest BCUT2D eigenvalue weighted by Gasteiger charge is 2.38. The summed E-state index contributed by atoms with van der Waals surface area (Å²) < 4.78 is 2.96. The molecule has 0 spiro atoms. The second kappa shape index (κ2) is 4.39. The molecule has 0 aromatic carbocycles. The van der Waals surface area contributed by atoms with E-state index in [0.29, 0.717) is 12.5 Å². The number of amides is 1. The number of nitrogens with one attached hydrogen (secondary N) is 1. The third-order valence-corrected chi connectivity index (χ3v) is 3.82. The Kier molecular flexibility index (Phi) is 2.86. The van der Waals surface area contributed by atoms with E-state index in [4.69, 9.17) is 0 Å². The first-order valence-electron chi connectivity index (χ1n) is 6.04. The highest BCUT2D eigenvalue weighted by atomic mass is 79.9. The van der Waals surface area contributed by atoms with Gasteiger partial charge in [0.05, 0.1) is 12.2 Å². The predicted octanol–water partition coefficient (Wildman–Crippen LogP) is 2.37. The van der Waals surface area contributed by atoms with Gasteiger partial charge in [-0.3, -0.25) is 4.79 Å². The van der Waals surface area contributed by atoms with Gasteiger partial charge in [0.2, 0.25) is 5.91 Å². The second-order valence-corrected chi connectivity index (χ2v) is 5.80. The summed E-state index contributed by atoms with van der Waals surface area (Å²) in [5.74, 6) is 0.916. The normalized spacial score (nSPS) is 22.1. The predicted molar refractivity (Wildman–Crippen MR) is 72.0 cm³/mol. The van der Waals surface area contributed by atoms with E-state index in [1.165, 1.54) is 0 Å². The van der Waals surface area contributed by atoms with Crippen molar-refractivity contribution < 1.29 is 4.79 Å². The Balaban J connectivity index is 1.69. The fraction of sp³-hybridized carbons (Fsp3) is 0.385. The lowest BCUT2D eigenvalue weighted by molar-refractivity contribution is -0.122. The van der Waals surface area contributed by atoms with Crippen LogP contribution in [-0.4, -0.2) is 15.3 Å². The molecule has 4 nitrogen and oxygen atoms in total. The molecule has 1 amide bonds. The molecule has 1 aliphatic carbocycles. The number of carbonyl (C=O) groups is 1. The monoisotopic (exact) mass is 307 g/mol. The SMILES string of the molecule is C[C@H]1C[C@H]1C(=O)NCc1cn2cc(Br)ccc2n1. The molecule has 2 heterocycles. The van der Waals surface area contributed by atoms with Crippen molar-refractivity contribution in [3.05, 3.63) is 34.7 Å². The Morgan fingerprint density at radius 1 is 1.56 bits per heavy atom. The highest BCUT2D eigenvalue weighted by molar-refractivity contribution is 9.10. The van der Waals surface area contributed by atoms with Crippen LogP contribution in [0.1, 0.15) is 19.0 Å². The van der Waals surface area contributed by atoms with Crippen molar-refractivity contribution in [1.82, 2.24) is 14.7 Å². The van der Waals surface area contributed by atoms with Gasteiger partial charge in [-0.1, -0.05) is 6.92 Å². The number of carbonyl (C=O) groups excluding carboxylic acids is 1. The van der Waals surface area contributed by atoms with Crippen LogP contribution in [0.5, 0.6) is 0 Å². The van der Waals surface area contributed by atoms with Gasteiger partial charge in [-0.25, -0.2) is 4.98 Å². The molecular weight excluding hydrogens is 294 g/mol. The fourth-order valence-electron chi connectivity index (χ4n) is 2.10. The number of hydrogen-bond donors (Lipinski definition) is 1. The molecule has 94 valence electrons. The van der Waals surface area contributed by atoms with Crippen LogP contribution in [0.3, 0.4) is 0 Å². The van der Waals surface area contributed by atoms with E-state index in [1.807, 2.05) is 28.9 Å². The maximum atomic E-state index is 11.7. The summed E-state index contributed by atoms with van der Waals surface area (Å²) in [7, 11) is 0. The van der Waals surface area contributed by atoms with E-state index in [9.17, 15) is 4.79 Å². The van der Waals surface area contributed by atoms with Crippen LogP contribution in [-0.2, 0) is 11.3 Å². The number of imidazole rings is 1. The number of hydrogen-bond acceptors (Lipinski definition) is 2. The minimum Gasteiger partial charge on any atom is -0.350 e. The van der Waals surface area contributed by atoms with Gasteiger partial charge in [0.25, 0.3) is 0 Å². The van der Waals surface area contributed by atoms with Crippen LogP contribution in [0.4, 0.5) is 0 Å². The molecule has 0 radical (unpaired) electrons. The average Bonchev–Trinajstić information content (AvgIpc) is 2.92. The van der Waals surface area contributed by atoms with Crippen molar-refractivity contribution in [2.45, 2.75) is 19.9 Å². The highest BCUT2D eigenvalue weighted by Crippen LogP contribution is 2.37. The van der Waals surface area contributed by atoms with Crippen LogP contribution < -0.4 is 5.32 Å². The molecule has 0 aliphatic heterocycles. The molecular formula is C13H14BrN3O. The van der Waals surface area contributed by atoms with Crippen LogP contribution in [0.15, 0.2) is 29.0 Å². The minimum absolute atomic E-state index is 0.153. The smallest absolute Gasteiger partial charge is 0.223 e. The largest absolute Gasteiger partial charge is 0.350 e. The topological polar surface area (TPSA) is 46.4 Å². The van der Waals surface area contributed by atoms with Crippen LogP contribution in [0.25, 0.3) is 5.65 Å². The van der Waals surface area contributed by atoms with Crippen molar-refractivity contribution in [2.24, 2.45) is 11.8 Å². The molecule has 2 atom stereocenters. The third-order valence-electron chi connectivity index (χ3n) is 3.35. The molecule has 1 fully saturated rings. The van der Waals surface area contributed by atoms with Gasteiger partial charge in [-0.05, 0) is 40.4 Å². The number of halogens is 1. The van der Waals surface area contributed by atoms with Gasteiger partial charge in [-0.2, -0.15) is 0 Å². The molecule has 1 saturated carbocycles. The van der Waals surface area contributed by atoms with Crippen molar-refractivity contribution in [3.8, 4) is 0 Å². The van der Waals surface area contributed by atoms with Crippen molar-refractivity contribution in [1.29, 1.82) is 0 Å². The van der Waals surface area contributed by atoms with E-state index < -0.39 is 0 Å². The maximum absolute atomic E-state index is 11.7. The van der Waals surface area contributed by atoms with Crippen molar-refractivity contribution in [2.75, 3.05) is 0 Å². The Labute approximate surface area is 114 Å². The molecule has 0 saturated heterocycles. The average molecular weight is 308 g/mol. The minimum atomic E-state index is 0.153. The van der Waals surface area contributed by atoms with Gasteiger partial charge >= 0.3 is 0 Å². The van der Waals surface area contributed by atoms with Crippen LogP contribution >= 0.6 is 15.9 Å². The van der Waals surface area contributed by atoms with E-state index >= 15 is 0 Å². The lowest BCUT2D eigenvalue weighted by Gasteiger charge is -2.00. The van der Waals surface area contributed by atoms with E-state index in [0.717, 1.165) is 22.2 Å². The van der Waals surface area contributed by atoms with Gasteiger partial charge < -0.3 is 9.72 Å². The van der Waals surface area contributed by atoms with Crippen LogP contribution in [0, 0.1) is 11.8 Å². The number of rotatable bonds is 3. The summed E-state index contributed by atoms with van der Waals surface area (Å²) in [5.41, 5.74) is 1.77. The number of nitrogens with zero attached hydrogens (tertiary/aromatic N) is 2. The summed E-state index contributed by atoms with van der Waals surface area (Å²) in [4.78, 5) is 16.2. The molecule has 0 bridgehead atoms. The summed E-state index contributed by atoms with van der Waals surface area (Å²) >= 11 is 3.42. The fourth-order valence-corrected chi connectivity index (χ4v) is 2.45. The van der Waals surface area contributed by atoms with Gasteiger partial charge in [0, 0.05) is 22.8 Å². The van der Waals surface area contributed by atoms with Gasteiger partial charge in [0.15, 0.2) is 0 Å². The summed E-state index contributed by atoms with van der Waals surface area (Å²) in [6.45, 7) is 2.61. The zero-order chi connectivity index (χ0) is 12.7. The van der Waals surface area contributed by atoms with Crippen molar-refractivity contribution >= 4 is 27.5 Å². The Morgan fingerprint density at radius 3 is 3.06 bits per heavy atom. The Bertz CT molecular complexity index is 607. The quantitative estimate of drug-likeness (QED) is 0.946. The lowest BCUT2D eigenvalue weighted by atomic mass is 10.3. The van der Waals surface area contributed by atoms with Gasteiger partial charge in [0.1, 0.15) is 5.65 Å². The number of pyridine rings is 1. The molecule has 3 rings (SSSR count). The molecule has 5 heteroatoms. The Hall–Kier alpha value is -1.36. The summed E-state index contributed by atoms with van der Waals surface area (Å²) in [6, 6.07) is 3.90. The molecule has 18 heavy (non-hydrogen) atoms. The standard InChI is InChI=1S/C13H14BrN3O/c1-8-4-11(8)13(18)15-5-10-7-17-6-9(14)2-3-12(17)16-10/h2-3,6-8,11H,4-5H2,1H3,(H,15,18)/t8-,11+/m0/s1. The van der Waals surface area contributed by atoms with Crippen molar-refractivity contribution in [3.63, 3.8) is 0 Å². The van der Waals surface area contributed by atoms with E-state index in [2.05, 4.69) is 33.2 Å². The first kappa shape index (κ1) is 11.7. The number of fused-ring (bicyclic) bond motifs is 1. The number of aromatic nitrogens is 2. The second-order valence-electron chi connectivity index (χ2n) is 4.88. The molecule has 1 aliphatic rings. The zero-order valence-electron chi connectivity index (χ0n) is 10.1. The maximum Gasteiger partial charge on any atom is 0.223 e. The first-order valence-corrected chi connectivity index (χ1v) is 6.83. The van der Waals surface area contributed by atoms with Gasteiger partial charge in [-0.15, -0.1) is 0 Å². The first-order chi connectivity index (χ1) is 8.63. The lowest BCUT2D eigenvalue weighted by Crippen LogP contribution is -2.24. The molecule has 0 unspecified atom stereocenters. The third kappa shape index (κ3) is 2.27. The molecule has 2 aromatic heterocycles. The molecule has 2 aromatic rings. The Morgan fingerprint density at radius 2 is 2.33 bits per heavy atom.